The van der Waals surface area contributed by atoms with Crippen LogP contribution in [-0.4, -0.2) is 45.0 Å². The molecule has 0 unspecified atom stereocenters. The van der Waals surface area contributed by atoms with Crippen LogP contribution in [-0.2, 0) is 14.3 Å². The number of hydrogen-bond donors (Lipinski definition) is 1. The third-order valence-corrected chi connectivity index (χ3v) is 1.55. The van der Waals surface area contributed by atoms with Gasteiger partial charge < -0.3 is 19.7 Å². The standard InChI is InChI=1S/C9H16N2O4/c1-6(12)7(11(3)4)8(14-5)15-9(13)10-2/h1-5H3,(H,10,13)/b8-7-. The van der Waals surface area contributed by atoms with Gasteiger partial charge in [-0.3, -0.25) is 4.79 Å². The molecule has 0 saturated heterocycles. The van der Waals surface area contributed by atoms with E-state index in [1.54, 1.807) is 14.1 Å². The molecule has 15 heavy (non-hydrogen) atoms. The number of Topliss-reactive ketones (excluding diaryl/α,β-unsaturated/α-hetero) is 1. The molecule has 0 aliphatic rings. The van der Waals surface area contributed by atoms with Gasteiger partial charge in [-0.2, -0.15) is 0 Å². The monoisotopic (exact) mass is 216 g/mol. The highest BCUT2D eigenvalue weighted by atomic mass is 16.7. The van der Waals surface area contributed by atoms with Crippen LogP contribution in [0.15, 0.2) is 11.6 Å². The lowest BCUT2D eigenvalue weighted by molar-refractivity contribution is -0.115. The fourth-order valence-electron chi connectivity index (χ4n) is 0.963. The minimum atomic E-state index is -0.688. The van der Waals surface area contributed by atoms with Gasteiger partial charge in [0.15, 0.2) is 11.5 Å². The Hall–Kier alpha value is -1.72. The first-order chi connectivity index (χ1) is 6.93. The van der Waals surface area contributed by atoms with Gasteiger partial charge in [0.05, 0.1) is 7.11 Å². The number of likely N-dealkylation sites (N-methyl/N-ethyl adjacent to an activating group) is 1. The molecule has 6 nitrogen and oxygen atoms in total. The van der Waals surface area contributed by atoms with E-state index in [0.717, 1.165) is 0 Å². The van der Waals surface area contributed by atoms with Crippen molar-refractivity contribution in [3.63, 3.8) is 0 Å². The van der Waals surface area contributed by atoms with Gasteiger partial charge in [0.1, 0.15) is 0 Å². The predicted octanol–water partition coefficient (Wildman–Crippen LogP) is 0.308. The molecule has 0 aromatic rings. The van der Waals surface area contributed by atoms with Gasteiger partial charge in [0.2, 0.25) is 0 Å². The number of carbonyl (C=O) groups excluding carboxylic acids is 2. The number of nitrogens with zero attached hydrogens (tertiary/aromatic N) is 1. The largest absolute Gasteiger partial charge is 0.467 e. The Morgan fingerprint density at radius 3 is 2.07 bits per heavy atom. The second-order valence-corrected chi connectivity index (χ2v) is 2.93. The summed E-state index contributed by atoms with van der Waals surface area (Å²) in [5.74, 6) is -0.368. The van der Waals surface area contributed by atoms with Crippen LogP contribution in [0, 0.1) is 0 Å². The second-order valence-electron chi connectivity index (χ2n) is 2.93. The van der Waals surface area contributed by atoms with Crippen LogP contribution in [0.5, 0.6) is 0 Å². The van der Waals surface area contributed by atoms with Crippen molar-refractivity contribution in [2.45, 2.75) is 6.92 Å². The number of allylic oxidation sites excluding steroid dienone is 1. The van der Waals surface area contributed by atoms with Gasteiger partial charge in [-0.15, -0.1) is 0 Å². The summed E-state index contributed by atoms with van der Waals surface area (Å²) in [6.45, 7) is 1.36. The summed E-state index contributed by atoms with van der Waals surface area (Å²) in [7, 11) is 6.05. The Balaban J connectivity index is 5.05. The van der Waals surface area contributed by atoms with E-state index in [2.05, 4.69) is 5.32 Å². The van der Waals surface area contributed by atoms with Crippen LogP contribution in [0.3, 0.4) is 0 Å². The predicted molar refractivity (Wildman–Crippen MR) is 53.9 cm³/mol. The average molecular weight is 216 g/mol. The highest BCUT2D eigenvalue weighted by Gasteiger charge is 2.18. The van der Waals surface area contributed by atoms with Gasteiger partial charge in [-0.1, -0.05) is 0 Å². The zero-order valence-electron chi connectivity index (χ0n) is 9.58. The van der Waals surface area contributed by atoms with Crippen molar-refractivity contribution in [1.82, 2.24) is 10.2 Å². The fourth-order valence-corrected chi connectivity index (χ4v) is 0.963. The molecule has 0 spiro atoms. The number of ketones is 1. The summed E-state index contributed by atoms with van der Waals surface area (Å²) >= 11 is 0. The Morgan fingerprint density at radius 1 is 1.27 bits per heavy atom. The zero-order chi connectivity index (χ0) is 12.0. The van der Waals surface area contributed by atoms with E-state index in [4.69, 9.17) is 9.47 Å². The summed E-state index contributed by atoms with van der Waals surface area (Å²) in [4.78, 5) is 23.7. The van der Waals surface area contributed by atoms with Crippen LogP contribution < -0.4 is 5.32 Å². The molecule has 0 aliphatic carbocycles. The van der Waals surface area contributed by atoms with Crippen LogP contribution in [0.2, 0.25) is 0 Å². The number of hydrogen-bond acceptors (Lipinski definition) is 5. The molecule has 0 rings (SSSR count). The molecule has 0 radical (unpaired) electrons. The second kappa shape index (κ2) is 5.90. The molecule has 0 aromatic carbocycles. The van der Waals surface area contributed by atoms with E-state index >= 15 is 0 Å². The van der Waals surface area contributed by atoms with Crippen molar-refractivity contribution in [2.75, 3.05) is 28.3 Å². The first-order valence-corrected chi connectivity index (χ1v) is 4.30. The number of rotatable bonds is 4. The van der Waals surface area contributed by atoms with Crippen molar-refractivity contribution in [1.29, 1.82) is 0 Å². The van der Waals surface area contributed by atoms with Crippen LogP contribution >= 0.6 is 0 Å². The minimum Gasteiger partial charge on any atom is -0.467 e. The minimum absolute atomic E-state index is 0.119. The number of carbonyl (C=O) groups is 2. The molecule has 86 valence electrons. The van der Waals surface area contributed by atoms with E-state index in [0.29, 0.717) is 0 Å². The molecular formula is C9H16N2O4. The summed E-state index contributed by atoms with van der Waals surface area (Å²) in [6.07, 6.45) is -0.688. The highest BCUT2D eigenvalue weighted by molar-refractivity contribution is 5.93. The molecule has 0 atom stereocenters. The van der Waals surface area contributed by atoms with Crippen LogP contribution in [0.25, 0.3) is 0 Å². The number of nitrogens with one attached hydrogen (secondary N) is 1. The molecule has 0 aromatic heterocycles. The Morgan fingerprint density at radius 2 is 1.80 bits per heavy atom. The third kappa shape index (κ3) is 3.88. The van der Waals surface area contributed by atoms with Gasteiger partial charge in [0, 0.05) is 28.1 Å². The maximum absolute atomic E-state index is 11.3. The van der Waals surface area contributed by atoms with Crippen LogP contribution in [0.4, 0.5) is 4.79 Å². The topological polar surface area (TPSA) is 67.9 Å². The first kappa shape index (κ1) is 13.3. The Bertz CT molecular complexity index is 284. The lowest BCUT2D eigenvalue weighted by Gasteiger charge is -2.17. The van der Waals surface area contributed by atoms with Gasteiger partial charge >= 0.3 is 12.0 Å². The molecule has 0 aliphatic heterocycles. The normalized spacial score (nSPS) is 11.3. The molecule has 0 fully saturated rings. The quantitative estimate of drug-likeness (QED) is 0.541. The lowest BCUT2D eigenvalue weighted by Crippen LogP contribution is -2.25. The van der Waals surface area contributed by atoms with E-state index in [1.807, 2.05) is 0 Å². The van der Waals surface area contributed by atoms with E-state index in [-0.39, 0.29) is 17.4 Å². The first-order valence-electron chi connectivity index (χ1n) is 4.30. The molecule has 0 bridgehead atoms. The number of amides is 1. The fraction of sp³-hybridized carbons (Fsp3) is 0.556. The maximum atomic E-state index is 11.3. The molecule has 1 amide bonds. The molecule has 6 heteroatoms. The average Bonchev–Trinajstić information content (AvgIpc) is 2.15. The maximum Gasteiger partial charge on any atom is 0.414 e. The third-order valence-electron chi connectivity index (χ3n) is 1.55. The SMILES string of the molecule is CNC(=O)O/C(OC)=C(/C(C)=O)N(C)C. The smallest absolute Gasteiger partial charge is 0.414 e. The number of alkyl carbamates (subject to hydrolysis) is 1. The zero-order valence-corrected chi connectivity index (χ0v) is 9.58. The summed E-state index contributed by atoms with van der Waals surface area (Å²) < 4.78 is 9.62. The van der Waals surface area contributed by atoms with Gasteiger partial charge in [-0.25, -0.2) is 4.79 Å². The van der Waals surface area contributed by atoms with Crippen molar-refractivity contribution in [3.8, 4) is 0 Å². The summed E-state index contributed by atoms with van der Waals surface area (Å²) in [5, 5.41) is 2.26. The summed E-state index contributed by atoms with van der Waals surface area (Å²) in [6, 6.07) is 0. The van der Waals surface area contributed by atoms with Gasteiger partial charge in [-0.05, 0) is 0 Å². The van der Waals surface area contributed by atoms with Crippen LogP contribution in [0.1, 0.15) is 6.92 Å². The van der Waals surface area contributed by atoms with Crippen molar-refractivity contribution in [2.24, 2.45) is 0 Å². The molecular weight excluding hydrogens is 200 g/mol. The van der Waals surface area contributed by atoms with Crippen molar-refractivity contribution in [3.05, 3.63) is 11.6 Å². The Labute approximate surface area is 88.8 Å². The van der Waals surface area contributed by atoms with Crippen molar-refractivity contribution < 1.29 is 19.1 Å². The van der Waals surface area contributed by atoms with Gasteiger partial charge in [0.25, 0.3) is 0 Å². The molecule has 1 N–H and O–H groups in total. The van der Waals surface area contributed by atoms with E-state index in [9.17, 15) is 9.59 Å². The number of methoxy groups -OCH3 is 1. The summed E-state index contributed by atoms with van der Waals surface area (Å²) in [5.41, 5.74) is 0.195. The number of ether oxygens (including phenoxy) is 2. The highest BCUT2D eigenvalue weighted by Crippen LogP contribution is 2.11. The molecule has 0 saturated carbocycles. The van der Waals surface area contributed by atoms with Crippen molar-refractivity contribution >= 4 is 11.9 Å². The lowest BCUT2D eigenvalue weighted by atomic mass is 10.3. The molecule has 0 heterocycles. The Kier molecular flexibility index (Phi) is 5.22. The van der Waals surface area contributed by atoms with E-state index < -0.39 is 6.09 Å². The van der Waals surface area contributed by atoms with E-state index in [1.165, 1.54) is 26.0 Å².